The standard InChI is InChI=1S/C8H14N2.BrH/c1-7(2)6-8-9-4-5-10(8)3;/h4-5,7H,6H2,1-3H3;1H. The summed E-state index contributed by atoms with van der Waals surface area (Å²) in [6.45, 7) is 4.45. The van der Waals surface area contributed by atoms with E-state index in [1.807, 2.05) is 12.4 Å². The first-order chi connectivity index (χ1) is 4.70. The molecule has 0 bridgehead atoms. The van der Waals surface area contributed by atoms with Crippen LogP contribution >= 0.6 is 0 Å². The molecule has 1 aromatic rings. The molecule has 0 aliphatic rings. The van der Waals surface area contributed by atoms with Gasteiger partial charge in [0.2, 0.25) is 0 Å². The Labute approximate surface area is 78.4 Å². The van der Waals surface area contributed by atoms with Gasteiger partial charge in [-0.2, -0.15) is 0 Å². The van der Waals surface area contributed by atoms with Crippen molar-refractivity contribution in [2.45, 2.75) is 20.3 Å². The Morgan fingerprint density at radius 1 is 1.55 bits per heavy atom. The van der Waals surface area contributed by atoms with E-state index < -0.39 is 0 Å². The molecule has 1 aromatic heterocycles. The predicted octanol–water partition coefficient (Wildman–Crippen LogP) is -1.96. The van der Waals surface area contributed by atoms with Crippen LogP contribution < -0.4 is 21.5 Å². The molecule has 0 aliphatic heterocycles. The molecule has 0 saturated carbocycles. The first kappa shape index (κ1) is 10.7. The molecule has 0 fully saturated rings. The number of aromatic amines is 1. The van der Waals surface area contributed by atoms with Gasteiger partial charge in [-0.1, -0.05) is 13.8 Å². The number of aromatic nitrogens is 2. The normalized spacial score (nSPS) is 9.82. The fraction of sp³-hybridized carbons (Fsp3) is 0.625. The van der Waals surface area contributed by atoms with Gasteiger partial charge in [0.1, 0.15) is 12.4 Å². The summed E-state index contributed by atoms with van der Waals surface area (Å²) in [5, 5.41) is 0. The number of rotatable bonds is 2. The molecule has 11 heavy (non-hydrogen) atoms. The first-order valence-electron chi connectivity index (χ1n) is 3.72. The number of nitrogens with one attached hydrogen (secondary N) is 1. The third-order valence-corrected chi connectivity index (χ3v) is 1.58. The quantitative estimate of drug-likeness (QED) is 0.557. The van der Waals surface area contributed by atoms with Crippen LogP contribution in [0.5, 0.6) is 0 Å². The second kappa shape index (κ2) is 4.54. The van der Waals surface area contributed by atoms with Crippen LogP contribution in [-0.4, -0.2) is 4.98 Å². The second-order valence-corrected chi connectivity index (χ2v) is 3.12. The van der Waals surface area contributed by atoms with Crippen LogP contribution in [0, 0.1) is 5.92 Å². The van der Waals surface area contributed by atoms with Crippen molar-refractivity contribution in [1.82, 2.24) is 4.98 Å². The Hall–Kier alpha value is -0.310. The van der Waals surface area contributed by atoms with E-state index in [1.54, 1.807) is 0 Å². The van der Waals surface area contributed by atoms with Crippen molar-refractivity contribution in [3.63, 3.8) is 0 Å². The van der Waals surface area contributed by atoms with E-state index in [4.69, 9.17) is 0 Å². The predicted molar refractivity (Wildman–Crippen MR) is 40.5 cm³/mol. The Bertz CT molecular complexity index is 206. The largest absolute Gasteiger partial charge is 1.00 e. The van der Waals surface area contributed by atoms with Gasteiger partial charge in [-0.15, -0.1) is 0 Å². The van der Waals surface area contributed by atoms with Crippen molar-refractivity contribution < 1.29 is 21.5 Å². The summed E-state index contributed by atoms with van der Waals surface area (Å²) in [5.74, 6) is 2.03. The molecule has 3 heteroatoms. The van der Waals surface area contributed by atoms with Gasteiger partial charge in [0.15, 0.2) is 0 Å². The lowest BCUT2D eigenvalue weighted by Gasteiger charge is -1.97. The van der Waals surface area contributed by atoms with Gasteiger partial charge in [0.25, 0.3) is 5.82 Å². The maximum Gasteiger partial charge on any atom is 0.254 e. The minimum atomic E-state index is 0. The maximum absolute atomic E-state index is 3.20. The maximum atomic E-state index is 3.20. The van der Waals surface area contributed by atoms with Gasteiger partial charge < -0.3 is 17.0 Å². The van der Waals surface area contributed by atoms with Crippen molar-refractivity contribution in [2.24, 2.45) is 13.0 Å². The number of halogens is 1. The van der Waals surface area contributed by atoms with Gasteiger partial charge in [0, 0.05) is 0 Å². The number of aryl methyl sites for hydroxylation is 1. The molecular weight excluding hydrogens is 204 g/mol. The van der Waals surface area contributed by atoms with Crippen molar-refractivity contribution in [2.75, 3.05) is 0 Å². The Morgan fingerprint density at radius 2 is 2.18 bits per heavy atom. The smallest absolute Gasteiger partial charge is 0.254 e. The molecule has 0 aliphatic carbocycles. The van der Waals surface area contributed by atoms with Gasteiger partial charge in [0.05, 0.1) is 13.5 Å². The number of hydrogen-bond acceptors (Lipinski definition) is 0. The third kappa shape index (κ3) is 3.06. The van der Waals surface area contributed by atoms with E-state index >= 15 is 0 Å². The van der Waals surface area contributed by atoms with Crippen LogP contribution in [-0.2, 0) is 13.5 Å². The molecule has 0 atom stereocenters. The monoisotopic (exact) mass is 218 g/mol. The van der Waals surface area contributed by atoms with Gasteiger partial charge in [-0.3, -0.25) is 0 Å². The van der Waals surface area contributed by atoms with E-state index in [0.717, 1.165) is 12.3 Å². The van der Waals surface area contributed by atoms with Crippen LogP contribution in [0.1, 0.15) is 19.7 Å². The zero-order valence-electron chi connectivity index (χ0n) is 7.26. The SMILES string of the molecule is CC(C)Cc1[nH]cc[n+]1C.[Br-]. The summed E-state index contributed by atoms with van der Waals surface area (Å²) < 4.78 is 2.12. The van der Waals surface area contributed by atoms with Gasteiger partial charge in [-0.25, -0.2) is 9.55 Å². The Kier molecular flexibility index (Phi) is 4.42. The minimum Gasteiger partial charge on any atom is -1.00 e. The topological polar surface area (TPSA) is 19.7 Å². The van der Waals surface area contributed by atoms with E-state index in [9.17, 15) is 0 Å². The van der Waals surface area contributed by atoms with Crippen LogP contribution in [0.2, 0.25) is 0 Å². The van der Waals surface area contributed by atoms with Gasteiger partial charge >= 0.3 is 0 Å². The fourth-order valence-corrected chi connectivity index (χ4v) is 1.03. The zero-order chi connectivity index (χ0) is 7.56. The lowest BCUT2D eigenvalue weighted by atomic mass is 10.1. The van der Waals surface area contributed by atoms with E-state index in [1.165, 1.54) is 5.82 Å². The fourth-order valence-electron chi connectivity index (χ4n) is 1.03. The Balaban J connectivity index is 0.000001000. The molecule has 0 spiro atoms. The molecule has 0 saturated heterocycles. The number of imidazole rings is 1. The zero-order valence-corrected chi connectivity index (χ0v) is 8.85. The van der Waals surface area contributed by atoms with Crippen molar-refractivity contribution >= 4 is 0 Å². The summed E-state index contributed by atoms with van der Waals surface area (Å²) in [4.78, 5) is 3.20. The van der Waals surface area contributed by atoms with E-state index in [-0.39, 0.29) is 17.0 Å². The first-order valence-corrected chi connectivity index (χ1v) is 3.72. The van der Waals surface area contributed by atoms with Gasteiger partial charge in [-0.05, 0) is 5.92 Å². The average Bonchev–Trinajstić information content (AvgIpc) is 2.15. The molecule has 0 amide bonds. The van der Waals surface area contributed by atoms with Crippen LogP contribution in [0.25, 0.3) is 0 Å². The molecule has 1 N–H and O–H groups in total. The number of H-pyrrole nitrogens is 1. The molecular formula is C8H15BrN2. The lowest BCUT2D eigenvalue weighted by Crippen LogP contribution is -3.00. The minimum absolute atomic E-state index is 0. The average molecular weight is 219 g/mol. The highest BCUT2D eigenvalue weighted by atomic mass is 79.9. The molecule has 2 nitrogen and oxygen atoms in total. The summed E-state index contributed by atoms with van der Waals surface area (Å²) in [7, 11) is 2.06. The van der Waals surface area contributed by atoms with Crippen LogP contribution in [0.15, 0.2) is 12.4 Å². The van der Waals surface area contributed by atoms with Crippen molar-refractivity contribution in [3.8, 4) is 0 Å². The molecule has 1 rings (SSSR count). The third-order valence-electron chi connectivity index (χ3n) is 1.58. The number of hydrogen-bond donors (Lipinski definition) is 1. The molecule has 1 heterocycles. The van der Waals surface area contributed by atoms with E-state index in [0.29, 0.717) is 0 Å². The highest BCUT2D eigenvalue weighted by molar-refractivity contribution is 4.77. The highest BCUT2D eigenvalue weighted by Crippen LogP contribution is 1.99. The Morgan fingerprint density at radius 3 is 2.55 bits per heavy atom. The van der Waals surface area contributed by atoms with Crippen molar-refractivity contribution in [3.05, 3.63) is 18.2 Å². The number of nitrogens with zero attached hydrogens (tertiary/aromatic N) is 1. The molecule has 64 valence electrons. The molecule has 0 unspecified atom stereocenters. The molecule has 0 aromatic carbocycles. The molecule has 0 radical (unpaired) electrons. The van der Waals surface area contributed by atoms with E-state index in [2.05, 4.69) is 30.4 Å². The lowest BCUT2D eigenvalue weighted by molar-refractivity contribution is -0.678. The summed E-state index contributed by atoms with van der Waals surface area (Å²) in [6.07, 6.45) is 5.14. The second-order valence-electron chi connectivity index (χ2n) is 3.12. The summed E-state index contributed by atoms with van der Waals surface area (Å²) in [6, 6.07) is 0. The summed E-state index contributed by atoms with van der Waals surface area (Å²) >= 11 is 0. The highest BCUT2D eigenvalue weighted by Gasteiger charge is 2.07. The van der Waals surface area contributed by atoms with Crippen LogP contribution in [0.4, 0.5) is 0 Å². The summed E-state index contributed by atoms with van der Waals surface area (Å²) in [5.41, 5.74) is 0. The van der Waals surface area contributed by atoms with Crippen molar-refractivity contribution in [1.29, 1.82) is 0 Å². The van der Waals surface area contributed by atoms with Crippen LogP contribution in [0.3, 0.4) is 0 Å².